The van der Waals surface area contributed by atoms with Crippen LogP contribution >= 0.6 is 0 Å². The smallest absolute Gasteiger partial charge is 0.427 e. The maximum atomic E-state index is 5.80. The van der Waals surface area contributed by atoms with Gasteiger partial charge < -0.3 is 12.7 Å². The summed E-state index contributed by atoms with van der Waals surface area (Å²) >= 11 is 0. The summed E-state index contributed by atoms with van der Waals surface area (Å²) in [4.78, 5) is 0. The van der Waals surface area contributed by atoms with Gasteiger partial charge >= 0.3 is 9.53 Å². The van der Waals surface area contributed by atoms with Gasteiger partial charge in [0, 0.05) is 6.61 Å². The van der Waals surface area contributed by atoms with Crippen molar-refractivity contribution in [2.75, 3.05) is 6.61 Å². The lowest BCUT2D eigenvalue weighted by Gasteiger charge is -2.17. The summed E-state index contributed by atoms with van der Waals surface area (Å²) < 4.78 is 17.0. The zero-order valence-corrected chi connectivity index (χ0v) is 22.7. The predicted molar refractivity (Wildman–Crippen MR) is 124 cm³/mol. The van der Waals surface area contributed by atoms with E-state index >= 15 is 0 Å². The summed E-state index contributed by atoms with van der Waals surface area (Å²) in [6.07, 6.45) is 22.5. The predicted octanol–water partition coefficient (Wildman–Crippen LogP) is 5.28. The van der Waals surface area contributed by atoms with Gasteiger partial charge in [0.2, 0.25) is 0 Å². The summed E-state index contributed by atoms with van der Waals surface area (Å²) in [5.41, 5.74) is 0. The summed E-state index contributed by atoms with van der Waals surface area (Å²) in [7, 11) is -2.02. The van der Waals surface area contributed by atoms with Crippen LogP contribution in [0.25, 0.3) is 0 Å². The van der Waals surface area contributed by atoms with Gasteiger partial charge in [-0.25, -0.2) is 0 Å². The van der Waals surface area contributed by atoms with Crippen molar-refractivity contribution in [1.82, 2.24) is 0 Å². The molecule has 0 saturated carbocycles. The molecule has 0 amide bonds. The van der Waals surface area contributed by atoms with Crippen LogP contribution in [0.3, 0.4) is 0 Å². The van der Waals surface area contributed by atoms with Crippen molar-refractivity contribution in [3.05, 3.63) is 0 Å². The van der Waals surface area contributed by atoms with Gasteiger partial charge in [-0.05, 0) is 19.5 Å². The molecule has 0 fully saturated rings. The molecule has 0 saturated heterocycles. The highest BCUT2D eigenvalue weighted by atomic mass is 28.4. The average Bonchev–Trinajstić information content (AvgIpc) is 2.63. The highest BCUT2D eigenvalue weighted by molar-refractivity contribution is 6.59. The van der Waals surface area contributed by atoms with Gasteiger partial charge in [-0.1, -0.05) is 103 Å². The Hall–Kier alpha value is 0.531. The molecule has 0 spiro atoms. The van der Waals surface area contributed by atoms with Crippen LogP contribution in [0.4, 0.5) is 0 Å². The molecule has 158 valence electrons. The van der Waals surface area contributed by atoms with Crippen molar-refractivity contribution in [3.63, 3.8) is 0 Å². The third kappa shape index (κ3) is 20.8. The fraction of sp³-hybridized carbons (Fsp3) is 1.00. The van der Waals surface area contributed by atoms with Crippen LogP contribution in [0.5, 0.6) is 0 Å². The topological polar surface area (TPSA) is 27.7 Å². The zero-order valence-electron chi connectivity index (χ0n) is 18.4. The van der Waals surface area contributed by atoms with E-state index in [-0.39, 0.29) is 0 Å². The van der Waals surface area contributed by atoms with Gasteiger partial charge in [0.1, 0.15) is 10.5 Å². The molecule has 0 radical (unpaired) electrons. The van der Waals surface area contributed by atoms with Gasteiger partial charge in [-0.3, -0.25) is 0 Å². The molecule has 0 aromatic rings. The van der Waals surface area contributed by atoms with E-state index in [9.17, 15) is 0 Å². The molecule has 1 atom stereocenters. The second-order valence-corrected chi connectivity index (χ2v) is 13.9. The largest absolute Gasteiger partial charge is 0.462 e. The lowest BCUT2D eigenvalue weighted by Crippen LogP contribution is -2.31. The summed E-state index contributed by atoms with van der Waals surface area (Å²) in [5, 5.41) is 0. The quantitative estimate of drug-likeness (QED) is 0.187. The van der Waals surface area contributed by atoms with Crippen molar-refractivity contribution >= 4 is 29.1 Å². The fourth-order valence-corrected chi connectivity index (χ4v) is 7.65. The van der Waals surface area contributed by atoms with Gasteiger partial charge in [-0.15, -0.1) is 0 Å². The molecule has 26 heavy (non-hydrogen) atoms. The van der Waals surface area contributed by atoms with E-state index < -0.39 is 18.6 Å². The molecular weight excluding hydrogens is 372 g/mol. The normalized spacial score (nSPS) is 12.9. The summed E-state index contributed by atoms with van der Waals surface area (Å²) in [5.74, 6) is 0. The van der Waals surface area contributed by atoms with Gasteiger partial charge in [0.15, 0.2) is 9.04 Å². The van der Waals surface area contributed by atoms with Crippen LogP contribution in [0.1, 0.15) is 110 Å². The minimum Gasteiger partial charge on any atom is -0.427 e. The van der Waals surface area contributed by atoms with E-state index in [1.807, 2.05) is 0 Å². The molecule has 0 aliphatic heterocycles. The van der Waals surface area contributed by atoms with Crippen LogP contribution < -0.4 is 0 Å². The number of rotatable bonds is 21. The van der Waals surface area contributed by atoms with Gasteiger partial charge in [-0.2, -0.15) is 0 Å². The number of hydrogen-bond donors (Lipinski definition) is 0. The molecule has 0 aromatic carbocycles. The van der Waals surface area contributed by atoms with Crippen molar-refractivity contribution < 1.29 is 12.7 Å². The molecule has 0 aliphatic rings. The van der Waals surface area contributed by atoms with Crippen LogP contribution in [-0.2, 0) is 12.7 Å². The fourth-order valence-electron chi connectivity index (χ4n) is 3.21. The first-order chi connectivity index (χ1) is 12.7. The van der Waals surface area contributed by atoms with Gasteiger partial charge in [0.25, 0.3) is 0 Å². The summed E-state index contributed by atoms with van der Waals surface area (Å²) in [6.45, 7) is 7.48. The van der Waals surface area contributed by atoms with Crippen LogP contribution in [-0.4, -0.2) is 35.7 Å². The molecular formula is C20H48O3Si3. The molecule has 6 heteroatoms. The Labute approximate surface area is 171 Å². The number of unbranched alkanes of at least 4 members (excludes halogenated alkanes) is 15. The molecule has 0 bridgehead atoms. The molecule has 0 N–H and O–H groups in total. The van der Waals surface area contributed by atoms with E-state index in [4.69, 9.17) is 12.7 Å². The summed E-state index contributed by atoms with van der Waals surface area (Å²) in [6, 6.07) is 0. The van der Waals surface area contributed by atoms with Crippen molar-refractivity contribution in [2.24, 2.45) is 0 Å². The monoisotopic (exact) mass is 420 g/mol. The van der Waals surface area contributed by atoms with E-state index in [0.29, 0.717) is 0 Å². The number of hydrogen-bond acceptors (Lipinski definition) is 3. The lowest BCUT2D eigenvalue weighted by atomic mass is 10.0. The van der Waals surface area contributed by atoms with Crippen LogP contribution in [0, 0.1) is 0 Å². The van der Waals surface area contributed by atoms with Crippen molar-refractivity contribution in [1.29, 1.82) is 0 Å². The maximum absolute atomic E-state index is 5.80. The second kappa shape index (κ2) is 21.8. The van der Waals surface area contributed by atoms with Crippen LogP contribution in [0.2, 0.25) is 13.1 Å². The SMILES string of the molecule is CCCCCCCCCCCCCCCCCCO[SiH](O[SiH3])O[SiH](C)C. The Balaban J connectivity index is 3.13. The Morgan fingerprint density at radius 2 is 1.00 bits per heavy atom. The Morgan fingerprint density at radius 3 is 1.35 bits per heavy atom. The highest BCUT2D eigenvalue weighted by Gasteiger charge is 2.14. The Bertz CT molecular complexity index is 269. The van der Waals surface area contributed by atoms with E-state index in [1.165, 1.54) is 96.3 Å². The molecule has 0 rings (SSSR count). The molecule has 0 aliphatic carbocycles. The second-order valence-electron chi connectivity index (χ2n) is 7.88. The molecule has 0 heterocycles. The average molecular weight is 421 g/mol. The molecule has 1 unspecified atom stereocenters. The van der Waals surface area contributed by atoms with E-state index in [0.717, 1.165) is 23.5 Å². The highest BCUT2D eigenvalue weighted by Crippen LogP contribution is 2.13. The first-order valence-electron chi connectivity index (χ1n) is 11.5. The minimum atomic E-state index is -1.74. The van der Waals surface area contributed by atoms with Crippen molar-refractivity contribution in [2.45, 2.75) is 123 Å². The first kappa shape index (κ1) is 26.5. The maximum Gasteiger partial charge on any atom is 0.462 e. The molecule has 3 nitrogen and oxygen atoms in total. The molecule has 0 aromatic heterocycles. The first-order valence-corrected chi connectivity index (χ1v) is 16.5. The van der Waals surface area contributed by atoms with E-state index in [2.05, 4.69) is 20.0 Å². The Morgan fingerprint density at radius 1 is 0.615 bits per heavy atom. The third-order valence-electron chi connectivity index (χ3n) is 4.83. The van der Waals surface area contributed by atoms with E-state index in [1.54, 1.807) is 0 Å². The van der Waals surface area contributed by atoms with Crippen LogP contribution in [0.15, 0.2) is 0 Å². The zero-order chi connectivity index (χ0) is 19.3. The standard InChI is InChI=1S/C20H48O3Si3/c1-4-5-6-7-8-9-10-11-12-13-14-15-16-17-18-19-20-21-26(22-24)23-25(2)3/h25-26H,4-20H2,1-3,24H3. The lowest BCUT2D eigenvalue weighted by molar-refractivity contribution is 0.202. The van der Waals surface area contributed by atoms with Crippen molar-refractivity contribution in [3.8, 4) is 0 Å². The minimum absolute atomic E-state index is 0.733. The Kier molecular flexibility index (Phi) is 22.3. The van der Waals surface area contributed by atoms with Gasteiger partial charge in [0.05, 0.1) is 0 Å². The third-order valence-corrected chi connectivity index (χ3v) is 9.94.